The van der Waals surface area contributed by atoms with Crippen molar-refractivity contribution < 1.29 is 24.9 Å². The fourth-order valence-electron chi connectivity index (χ4n) is 0.992. The molecule has 0 radical (unpaired) electrons. The van der Waals surface area contributed by atoms with E-state index in [1.54, 1.807) is 0 Å². The van der Waals surface area contributed by atoms with Gasteiger partial charge in [0.1, 0.15) is 6.10 Å². The third-order valence-electron chi connectivity index (χ3n) is 1.77. The summed E-state index contributed by atoms with van der Waals surface area (Å²) < 4.78 is 4.58. The van der Waals surface area contributed by atoms with Crippen molar-refractivity contribution in [2.45, 2.75) is 31.5 Å². The highest BCUT2D eigenvalue weighted by Gasteiger charge is 2.60. The Morgan fingerprint density at radius 2 is 1.91 bits per heavy atom. The lowest BCUT2D eigenvalue weighted by Crippen LogP contribution is -2.52. The zero-order valence-corrected chi connectivity index (χ0v) is 6.24. The number of ether oxygens (including phenoxy) is 1. The van der Waals surface area contributed by atoms with Crippen LogP contribution >= 0.6 is 0 Å². The Labute approximate surface area is 63.2 Å². The highest BCUT2D eigenvalue weighted by molar-refractivity contribution is 5.92. The molecule has 1 aliphatic heterocycles. The monoisotopic (exact) mass is 162 g/mol. The van der Waals surface area contributed by atoms with Crippen LogP contribution in [-0.2, 0) is 9.53 Å². The van der Waals surface area contributed by atoms with E-state index in [0.717, 1.165) is 6.92 Å². The van der Waals surface area contributed by atoms with Crippen LogP contribution in [0.25, 0.3) is 0 Å². The molecule has 0 aliphatic carbocycles. The van der Waals surface area contributed by atoms with Gasteiger partial charge in [0.05, 0.1) is 0 Å². The van der Waals surface area contributed by atoms with E-state index in [1.165, 1.54) is 6.92 Å². The van der Waals surface area contributed by atoms with Gasteiger partial charge in [0, 0.05) is 0 Å². The number of carbonyl (C=O) groups excluding carboxylic acids is 1. The first-order chi connectivity index (χ1) is 4.79. The lowest BCUT2D eigenvalue weighted by Gasteiger charge is -2.25. The SMILES string of the molecule is CC1OC(C)(O)C(O)(O)C1=O. The smallest absolute Gasteiger partial charge is 0.282 e. The molecule has 0 saturated carbocycles. The first kappa shape index (κ1) is 8.61. The molecule has 1 aliphatic rings. The van der Waals surface area contributed by atoms with Crippen LogP contribution in [0, 0.1) is 0 Å². The molecule has 0 aromatic heterocycles. The van der Waals surface area contributed by atoms with Crippen molar-refractivity contribution >= 4 is 5.78 Å². The summed E-state index contributed by atoms with van der Waals surface area (Å²) in [4.78, 5) is 10.9. The fraction of sp³-hybridized carbons (Fsp3) is 0.833. The Morgan fingerprint density at radius 3 is 2.00 bits per heavy atom. The molecule has 0 amide bonds. The molecule has 0 aromatic carbocycles. The van der Waals surface area contributed by atoms with E-state index in [2.05, 4.69) is 4.74 Å². The van der Waals surface area contributed by atoms with Crippen molar-refractivity contribution in [3.05, 3.63) is 0 Å². The summed E-state index contributed by atoms with van der Waals surface area (Å²) in [6.07, 6.45) is -0.986. The third kappa shape index (κ3) is 0.970. The van der Waals surface area contributed by atoms with Gasteiger partial charge in [0.25, 0.3) is 5.79 Å². The fourth-order valence-corrected chi connectivity index (χ4v) is 0.992. The molecule has 11 heavy (non-hydrogen) atoms. The molecule has 1 fully saturated rings. The maximum atomic E-state index is 10.9. The minimum Gasteiger partial charge on any atom is -0.361 e. The topological polar surface area (TPSA) is 87.0 Å². The minimum atomic E-state index is -2.79. The van der Waals surface area contributed by atoms with E-state index in [0.29, 0.717) is 0 Å². The third-order valence-corrected chi connectivity index (χ3v) is 1.77. The van der Waals surface area contributed by atoms with Crippen LogP contribution in [0.2, 0.25) is 0 Å². The van der Waals surface area contributed by atoms with Gasteiger partial charge >= 0.3 is 0 Å². The molecule has 0 bridgehead atoms. The molecule has 5 nitrogen and oxygen atoms in total. The summed E-state index contributed by atoms with van der Waals surface area (Å²) >= 11 is 0. The lowest BCUT2D eigenvalue weighted by atomic mass is 10.0. The normalized spacial score (nSPS) is 43.0. The predicted molar refractivity (Wildman–Crippen MR) is 33.3 cm³/mol. The average Bonchev–Trinajstić information content (AvgIpc) is 1.93. The van der Waals surface area contributed by atoms with Gasteiger partial charge in [0.2, 0.25) is 11.6 Å². The van der Waals surface area contributed by atoms with Crippen molar-refractivity contribution in [2.24, 2.45) is 0 Å². The number of ketones is 1. The summed E-state index contributed by atoms with van der Waals surface area (Å²) in [5, 5.41) is 27.1. The first-order valence-corrected chi connectivity index (χ1v) is 3.18. The number of rotatable bonds is 0. The molecule has 1 heterocycles. The van der Waals surface area contributed by atoms with Crippen LogP contribution < -0.4 is 0 Å². The zero-order chi connectivity index (χ0) is 8.86. The van der Waals surface area contributed by atoms with Crippen molar-refractivity contribution in [1.29, 1.82) is 0 Å². The van der Waals surface area contributed by atoms with Gasteiger partial charge in [-0.05, 0) is 13.8 Å². The first-order valence-electron chi connectivity index (χ1n) is 3.18. The Kier molecular flexibility index (Phi) is 1.57. The summed E-state index contributed by atoms with van der Waals surface area (Å²) in [6.45, 7) is 2.36. The molecular formula is C6H10O5. The average molecular weight is 162 g/mol. The summed E-state index contributed by atoms with van der Waals surface area (Å²) in [7, 11) is 0. The maximum absolute atomic E-state index is 10.9. The molecule has 2 unspecified atom stereocenters. The van der Waals surface area contributed by atoms with Gasteiger partial charge in [-0.2, -0.15) is 0 Å². The van der Waals surface area contributed by atoms with Gasteiger partial charge in [-0.1, -0.05) is 0 Å². The summed E-state index contributed by atoms with van der Waals surface area (Å²) in [5.41, 5.74) is 0. The van der Waals surface area contributed by atoms with Gasteiger partial charge in [-0.15, -0.1) is 0 Å². The quantitative estimate of drug-likeness (QED) is 0.372. The second-order valence-electron chi connectivity index (χ2n) is 2.78. The number of carbonyl (C=O) groups is 1. The Balaban J connectivity index is 3.02. The van der Waals surface area contributed by atoms with Gasteiger partial charge < -0.3 is 20.1 Å². The molecule has 64 valence electrons. The molecular weight excluding hydrogens is 152 g/mol. The van der Waals surface area contributed by atoms with Crippen LogP contribution in [0.4, 0.5) is 0 Å². The van der Waals surface area contributed by atoms with E-state index >= 15 is 0 Å². The van der Waals surface area contributed by atoms with Crippen LogP contribution in [0.15, 0.2) is 0 Å². The summed E-state index contributed by atoms with van der Waals surface area (Å²) in [6, 6.07) is 0. The maximum Gasteiger partial charge on any atom is 0.282 e. The molecule has 1 saturated heterocycles. The molecule has 1 rings (SSSR count). The minimum absolute atomic E-state index is 0.928. The molecule has 5 heteroatoms. The van der Waals surface area contributed by atoms with Crippen molar-refractivity contribution in [2.75, 3.05) is 0 Å². The van der Waals surface area contributed by atoms with Crippen LogP contribution in [0.1, 0.15) is 13.8 Å². The molecule has 3 N–H and O–H groups in total. The second-order valence-corrected chi connectivity index (χ2v) is 2.78. The van der Waals surface area contributed by atoms with E-state index in [9.17, 15) is 4.79 Å². The lowest BCUT2D eigenvalue weighted by molar-refractivity contribution is -0.315. The molecule has 2 atom stereocenters. The van der Waals surface area contributed by atoms with Crippen LogP contribution in [0.3, 0.4) is 0 Å². The van der Waals surface area contributed by atoms with Crippen LogP contribution in [-0.4, -0.2) is 38.8 Å². The molecule has 0 aromatic rings. The number of hydrogen-bond donors (Lipinski definition) is 3. The van der Waals surface area contributed by atoms with Gasteiger partial charge in [0.15, 0.2) is 0 Å². The Bertz CT molecular complexity index is 195. The van der Waals surface area contributed by atoms with Gasteiger partial charge in [-0.3, -0.25) is 4.79 Å². The number of Topliss-reactive ketones (excluding diaryl/α,β-unsaturated/α-hetero) is 1. The number of hydrogen-bond acceptors (Lipinski definition) is 5. The van der Waals surface area contributed by atoms with E-state index in [4.69, 9.17) is 15.3 Å². The number of aliphatic hydroxyl groups is 3. The van der Waals surface area contributed by atoms with Crippen molar-refractivity contribution in [3.63, 3.8) is 0 Å². The van der Waals surface area contributed by atoms with E-state index in [1.807, 2.05) is 0 Å². The summed E-state index contributed by atoms with van der Waals surface area (Å²) in [5.74, 6) is -5.92. The zero-order valence-electron chi connectivity index (χ0n) is 6.24. The van der Waals surface area contributed by atoms with Gasteiger partial charge in [-0.25, -0.2) is 0 Å². The van der Waals surface area contributed by atoms with E-state index < -0.39 is 23.5 Å². The highest BCUT2D eigenvalue weighted by atomic mass is 16.7. The van der Waals surface area contributed by atoms with E-state index in [-0.39, 0.29) is 0 Å². The highest BCUT2D eigenvalue weighted by Crippen LogP contribution is 2.32. The predicted octanol–water partition coefficient (Wildman–Crippen LogP) is -1.64. The second kappa shape index (κ2) is 2.01. The molecule has 0 spiro atoms. The van der Waals surface area contributed by atoms with Crippen LogP contribution in [0.5, 0.6) is 0 Å². The Morgan fingerprint density at radius 1 is 1.45 bits per heavy atom. The largest absolute Gasteiger partial charge is 0.361 e. The standard InChI is InChI=1S/C6H10O5/c1-3-4(7)6(9,10)5(2,8)11-3/h3,8-10H,1-2H3. The van der Waals surface area contributed by atoms with Crippen molar-refractivity contribution in [1.82, 2.24) is 0 Å². The van der Waals surface area contributed by atoms with Crippen molar-refractivity contribution in [3.8, 4) is 0 Å². The Hall–Kier alpha value is -0.490.